The largest absolute Gasteiger partial charge is 0.337 e. The van der Waals surface area contributed by atoms with Crippen LogP contribution in [0.5, 0.6) is 0 Å². The van der Waals surface area contributed by atoms with Gasteiger partial charge in [0.1, 0.15) is 0 Å². The zero-order valence-electron chi connectivity index (χ0n) is 14.4. The maximum atomic E-state index is 12.8. The Morgan fingerprint density at radius 2 is 1.71 bits per heavy atom. The van der Waals surface area contributed by atoms with Crippen LogP contribution in [-0.4, -0.2) is 35.7 Å². The summed E-state index contributed by atoms with van der Waals surface area (Å²) in [5, 5.41) is 0.533. The Hall–Kier alpha value is -1.78. The van der Waals surface area contributed by atoms with E-state index in [0.29, 0.717) is 24.9 Å². The summed E-state index contributed by atoms with van der Waals surface area (Å²) in [6.07, 6.45) is 0.841. The first-order chi connectivity index (χ1) is 11.6. The van der Waals surface area contributed by atoms with Crippen LogP contribution in [0.2, 0.25) is 0 Å². The molecule has 2 aromatic carbocycles. The Kier molecular flexibility index (Phi) is 7.35. The van der Waals surface area contributed by atoms with Gasteiger partial charge in [-0.05, 0) is 36.2 Å². The maximum Gasteiger partial charge on any atom is 0.253 e. The van der Waals surface area contributed by atoms with Crippen molar-refractivity contribution in [2.75, 3.05) is 19.6 Å². The van der Waals surface area contributed by atoms with Crippen LogP contribution in [0.1, 0.15) is 29.8 Å². The molecule has 2 aromatic rings. The predicted molar refractivity (Wildman–Crippen MR) is 103 cm³/mol. The van der Waals surface area contributed by atoms with Gasteiger partial charge in [0.15, 0.2) is 0 Å². The lowest BCUT2D eigenvalue weighted by Crippen LogP contribution is -2.36. The van der Waals surface area contributed by atoms with E-state index in [4.69, 9.17) is 5.73 Å². The van der Waals surface area contributed by atoms with Gasteiger partial charge in [-0.15, -0.1) is 11.8 Å². The Morgan fingerprint density at radius 3 is 2.29 bits per heavy atom. The summed E-state index contributed by atoms with van der Waals surface area (Å²) in [6.45, 7) is 6.06. The Bertz CT molecular complexity index is 626. The Labute approximate surface area is 149 Å². The maximum absolute atomic E-state index is 12.8. The SMILES string of the molecule is CC(C)Sc1ccc(C(=O)N(CCN)CCc2ccccc2)cc1. The third kappa shape index (κ3) is 5.69. The number of nitrogens with two attached hydrogens (primary N) is 1. The van der Waals surface area contributed by atoms with Gasteiger partial charge in [0, 0.05) is 35.3 Å². The minimum Gasteiger partial charge on any atom is -0.337 e. The second kappa shape index (κ2) is 9.50. The van der Waals surface area contributed by atoms with Gasteiger partial charge < -0.3 is 10.6 Å². The molecule has 0 aliphatic rings. The summed E-state index contributed by atoms with van der Waals surface area (Å²) in [6, 6.07) is 18.1. The third-order valence-electron chi connectivity index (χ3n) is 3.67. The topological polar surface area (TPSA) is 46.3 Å². The van der Waals surface area contributed by atoms with Gasteiger partial charge in [-0.1, -0.05) is 44.2 Å². The van der Waals surface area contributed by atoms with Crippen molar-refractivity contribution < 1.29 is 4.79 Å². The number of benzene rings is 2. The molecule has 4 heteroatoms. The Balaban J connectivity index is 2.02. The fourth-order valence-corrected chi connectivity index (χ4v) is 3.35. The molecule has 0 spiro atoms. The number of carbonyl (C=O) groups excluding carboxylic acids is 1. The molecule has 128 valence electrons. The highest BCUT2D eigenvalue weighted by Crippen LogP contribution is 2.23. The number of rotatable bonds is 8. The highest BCUT2D eigenvalue weighted by atomic mass is 32.2. The van der Waals surface area contributed by atoms with E-state index in [0.717, 1.165) is 12.0 Å². The van der Waals surface area contributed by atoms with E-state index < -0.39 is 0 Å². The van der Waals surface area contributed by atoms with E-state index in [1.54, 1.807) is 11.8 Å². The van der Waals surface area contributed by atoms with Crippen molar-refractivity contribution >= 4 is 17.7 Å². The van der Waals surface area contributed by atoms with Crippen molar-refractivity contribution in [1.29, 1.82) is 0 Å². The van der Waals surface area contributed by atoms with E-state index >= 15 is 0 Å². The standard InChI is InChI=1S/C20H26N2OS/c1-16(2)24-19-10-8-18(9-11-19)20(23)22(15-13-21)14-12-17-6-4-3-5-7-17/h3-11,16H,12-15,21H2,1-2H3. The lowest BCUT2D eigenvalue weighted by molar-refractivity contribution is 0.0762. The van der Waals surface area contributed by atoms with Crippen LogP contribution in [-0.2, 0) is 6.42 Å². The minimum atomic E-state index is 0.0532. The van der Waals surface area contributed by atoms with Gasteiger partial charge in [0.05, 0.1) is 0 Å². The number of thioether (sulfide) groups is 1. The molecule has 2 rings (SSSR count). The van der Waals surface area contributed by atoms with Gasteiger partial charge in [0.2, 0.25) is 0 Å². The molecule has 0 aromatic heterocycles. The van der Waals surface area contributed by atoms with Gasteiger partial charge in [0.25, 0.3) is 5.91 Å². The third-order valence-corrected chi connectivity index (χ3v) is 4.69. The van der Waals surface area contributed by atoms with Crippen LogP contribution >= 0.6 is 11.8 Å². The molecule has 0 saturated heterocycles. The van der Waals surface area contributed by atoms with Gasteiger partial charge in [-0.25, -0.2) is 0 Å². The molecule has 1 amide bonds. The molecule has 0 fully saturated rings. The zero-order chi connectivity index (χ0) is 17.4. The van der Waals surface area contributed by atoms with E-state index in [2.05, 4.69) is 26.0 Å². The first kappa shape index (κ1) is 18.6. The number of amides is 1. The van der Waals surface area contributed by atoms with Crippen molar-refractivity contribution in [3.63, 3.8) is 0 Å². The highest BCUT2D eigenvalue weighted by molar-refractivity contribution is 7.99. The van der Waals surface area contributed by atoms with E-state index in [9.17, 15) is 4.79 Å². The van der Waals surface area contributed by atoms with E-state index in [1.165, 1.54) is 10.5 Å². The van der Waals surface area contributed by atoms with Crippen LogP contribution in [0.3, 0.4) is 0 Å². The molecule has 0 heterocycles. The fraction of sp³-hybridized carbons (Fsp3) is 0.350. The van der Waals surface area contributed by atoms with Gasteiger partial charge in [-0.2, -0.15) is 0 Å². The normalized spacial score (nSPS) is 10.8. The fourth-order valence-electron chi connectivity index (χ4n) is 2.51. The quantitative estimate of drug-likeness (QED) is 0.742. The summed E-state index contributed by atoms with van der Waals surface area (Å²) < 4.78 is 0. The zero-order valence-corrected chi connectivity index (χ0v) is 15.3. The molecule has 0 saturated carbocycles. The van der Waals surface area contributed by atoms with Crippen molar-refractivity contribution in [1.82, 2.24) is 4.90 Å². The molecule has 0 atom stereocenters. The lowest BCUT2D eigenvalue weighted by atomic mass is 10.1. The van der Waals surface area contributed by atoms with Crippen LogP contribution in [0.4, 0.5) is 0 Å². The summed E-state index contributed by atoms with van der Waals surface area (Å²) >= 11 is 1.80. The molecule has 3 nitrogen and oxygen atoms in total. The summed E-state index contributed by atoms with van der Waals surface area (Å²) in [4.78, 5) is 15.8. The predicted octanol–water partition coefficient (Wildman–Crippen LogP) is 3.83. The minimum absolute atomic E-state index is 0.0532. The molecule has 0 unspecified atom stereocenters. The van der Waals surface area contributed by atoms with Crippen molar-refractivity contribution in [2.45, 2.75) is 30.4 Å². The van der Waals surface area contributed by atoms with Crippen molar-refractivity contribution in [2.24, 2.45) is 5.73 Å². The molecule has 0 aliphatic heterocycles. The second-order valence-electron chi connectivity index (χ2n) is 6.01. The number of carbonyl (C=O) groups is 1. The van der Waals surface area contributed by atoms with Crippen molar-refractivity contribution in [3.8, 4) is 0 Å². The molecule has 0 aliphatic carbocycles. The number of nitrogens with zero attached hydrogens (tertiary/aromatic N) is 1. The first-order valence-corrected chi connectivity index (χ1v) is 9.28. The number of hydrogen-bond acceptors (Lipinski definition) is 3. The number of hydrogen-bond donors (Lipinski definition) is 1. The van der Waals surface area contributed by atoms with Gasteiger partial charge >= 0.3 is 0 Å². The average molecular weight is 343 g/mol. The monoisotopic (exact) mass is 342 g/mol. The van der Waals surface area contributed by atoms with Crippen LogP contribution in [0, 0.1) is 0 Å². The van der Waals surface area contributed by atoms with E-state index in [-0.39, 0.29) is 5.91 Å². The average Bonchev–Trinajstić information content (AvgIpc) is 2.59. The molecule has 24 heavy (non-hydrogen) atoms. The summed E-state index contributed by atoms with van der Waals surface area (Å²) in [5.41, 5.74) is 7.65. The molecule has 0 radical (unpaired) electrons. The van der Waals surface area contributed by atoms with Crippen molar-refractivity contribution in [3.05, 3.63) is 65.7 Å². The lowest BCUT2D eigenvalue weighted by Gasteiger charge is -2.22. The smallest absolute Gasteiger partial charge is 0.253 e. The van der Waals surface area contributed by atoms with Gasteiger partial charge in [-0.3, -0.25) is 4.79 Å². The summed E-state index contributed by atoms with van der Waals surface area (Å²) in [5.74, 6) is 0.0532. The first-order valence-electron chi connectivity index (χ1n) is 8.40. The van der Waals surface area contributed by atoms with Crippen LogP contribution in [0.15, 0.2) is 59.5 Å². The molecule has 0 bridgehead atoms. The summed E-state index contributed by atoms with van der Waals surface area (Å²) in [7, 11) is 0. The van der Waals surface area contributed by atoms with E-state index in [1.807, 2.05) is 47.4 Å². The van der Waals surface area contributed by atoms with Crippen LogP contribution < -0.4 is 5.73 Å². The Morgan fingerprint density at radius 1 is 1.04 bits per heavy atom. The molecule has 2 N–H and O–H groups in total. The second-order valence-corrected chi connectivity index (χ2v) is 7.66. The van der Waals surface area contributed by atoms with Crippen LogP contribution in [0.25, 0.3) is 0 Å². The molecular weight excluding hydrogens is 316 g/mol. The molecular formula is C20H26N2OS. The highest BCUT2D eigenvalue weighted by Gasteiger charge is 2.15.